The Bertz CT molecular complexity index is 492. The Morgan fingerprint density at radius 2 is 2.32 bits per heavy atom. The zero-order chi connectivity index (χ0) is 13.1. The van der Waals surface area contributed by atoms with E-state index in [0.29, 0.717) is 18.1 Å². The van der Waals surface area contributed by atoms with Crippen LogP contribution in [0.2, 0.25) is 0 Å². The number of pyridine rings is 1. The van der Waals surface area contributed by atoms with Crippen LogP contribution in [0.15, 0.2) is 18.3 Å². The van der Waals surface area contributed by atoms with Gasteiger partial charge in [0.15, 0.2) is 11.4 Å². The van der Waals surface area contributed by atoms with Crippen LogP contribution in [0.5, 0.6) is 5.75 Å². The second kappa shape index (κ2) is 5.16. The number of ether oxygens (including phenoxy) is 2. The minimum atomic E-state index is -0.0229. The van der Waals surface area contributed by atoms with Crippen molar-refractivity contribution in [2.24, 2.45) is 0 Å². The lowest BCUT2D eigenvalue weighted by Gasteiger charge is -2.32. The first-order valence-corrected chi connectivity index (χ1v) is 6.68. The maximum absolute atomic E-state index is 9.00. The Morgan fingerprint density at radius 3 is 3.11 bits per heavy atom. The fourth-order valence-corrected chi connectivity index (χ4v) is 2.86. The number of rotatable bonds is 2. The molecule has 1 spiro atoms. The van der Waals surface area contributed by atoms with Crippen molar-refractivity contribution >= 4 is 0 Å². The quantitative estimate of drug-likeness (QED) is 0.865. The van der Waals surface area contributed by atoms with E-state index in [-0.39, 0.29) is 11.7 Å². The van der Waals surface area contributed by atoms with Gasteiger partial charge in [0.2, 0.25) is 0 Å². The first-order valence-electron chi connectivity index (χ1n) is 6.68. The van der Waals surface area contributed by atoms with Gasteiger partial charge < -0.3 is 14.8 Å². The Kier molecular flexibility index (Phi) is 3.36. The first kappa shape index (κ1) is 12.4. The van der Waals surface area contributed by atoms with Gasteiger partial charge in [-0.3, -0.25) is 0 Å². The van der Waals surface area contributed by atoms with Gasteiger partial charge in [-0.25, -0.2) is 4.98 Å². The summed E-state index contributed by atoms with van der Waals surface area (Å²) in [5, 5.41) is 12.3. The van der Waals surface area contributed by atoms with E-state index in [1.807, 2.05) is 0 Å². The van der Waals surface area contributed by atoms with Crippen molar-refractivity contribution in [1.29, 1.82) is 5.26 Å². The van der Waals surface area contributed by atoms with E-state index in [2.05, 4.69) is 16.4 Å². The monoisotopic (exact) mass is 259 g/mol. The molecule has 1 aromatic rings. The summed E-state index contributed by atoms with van der Waals surface area (Å²) in [7, 11) is 0. The lowest BCUT2D eigenvalue weighted by atomic mass is 9.89. The average Bonchev–Trinajstić information content (AvgIpc) is 2.83. The van der Waals surface area contributed by atoms with E-state index in [9.17, 15) is 0 Å². The highest BCUT2D eigenvalue weighted by Gasteiger charge is 2.42. The molecule has 1 N–H and O–H groups in total. The molecule has 19 heavy (non-hydrogen) atoms. The molecule has 3 heterocycles. The number of nitrogens with zero attached hydrogens (tertiary/aromatic N) is 2. The van der Waals surface area contributed by atoms with Crippen LogP contribution in [0.25, 0.3) is 0 Å². The third-order valence-corrected chi connectivity index (χ3v) is 3.86. The maximum atomic E-state index is 9.00. The van der Waals surface area contributed by atoms with Gasteiger partial charge in [0.1, 0.15) is 12.2 Å². The molecular formula is C14H17N3O2. The third-order valence-electron chi connectivity index (χ3n) is 3.86. The van der Waals surface area contributed by atoms with Crippen LogP contribution in [0, 0.1) is 11.3 Å². The molecule has 0 aliphatic carbocycles. The average molecular weight is 259 g/mol. The van der Waals surface area contributed by atoms with Crippen LogP contribution in [-0.2, 0) is 4.74 Å². The molecular weight excluding hydrogens is 242 g/mol. The SMILES string of the molecule is N#Cc1ncccc1OC1COC2(CCNCC2)C1. The van der Waals surface area contributed by atoms with Crippen LogP contribution < -0.4 is 10.1 Å². The molecule has 100 valence electrons. The van der Waals surface area contributed by atoms with Gasteiger partial charge in [0, 0.05) is 12.6 Å². The smallest absolute Gasteiger partial charge is 0.182 e. The number of hydrogen-bond acceptors (Lipinski definition) is 5. The number of nitriles is 1. The van der Waals surface area contributed by atoms with Gasteiger partial charge in [0.05, 0.1) is 12.2 Å². The van der Waals surface area contributed by atoms with E-state index >= 15 is 0 Å². The molecule has 0 amide bonds. The summed E-state index contributed by atoms with van der Waals surface area (Å²) >= 11 is 0. The summed E-state index contributed by atoms with van der Waals surface area (Å²) in [4.78, 5) is 4.01. The summed E-state index contributed by atoms with van der Waals surface area (Å²) in [6.45, 7) is 2.60. The van der Waals surface area contributed by atoms with Gasteiger partial charge in [-0.2, -0.15) is 5.26 Å². The van der Waals surface area contributed by atoms with Crippen molar-refractivity contribution in [3.05, 3.63) is 24.0 Å². The largest absolute Gasteiger partial charge is 0.485 e. The second-order valence-electron chi connectivity index (χ2n) is 5.15. The summed E-state index contributed by atoms with van der Waals surface area (Å²) in [6.07, 6.45) is 4.59. The number of piperidine rings is 1. The van der Waals surface area contributed by atoms with Gasteiger partial charge in [-0.05, 0) is 38.1 Å². The summed E-state index contributed by atoms with van der Waals surface area (Å²) < 4.78 is 11.9. The molecule has 2 aliphatic heterocycles. The summed E-state index contributed by atoms with van der Waals surface area (Å²) in [5.41, 5.74) is 0.319. The molecule has 0 radical (unpaired) electrons. The van der Waals surface area contributed by atoms with E-state index in [1.54, 1.807) is 18.3 Å². The molecule has 1 atom stereocenters. The van der Waals surface area contributed by atoms with Gasteiger partial charge >= 0.3 is 0 Å². The molecule has 0 aromatic carbocycles. The highest BCUT2D eigenvalue weighted by atomic mass is 16.6. The standard InChI is InChI=1S/C14H17N3O2/c15-9-12-13(2-1-5-17-12)19-11-8-14(18-10-11)3-6-16-7-4-14/h1-2,5,11,16H,3-4,6-8,10H2. The zero-order valence-electron chi connectivity index (χ0n) is 10.8. The third kappa shape index (κ3) is 2.55. The second-order valence-corrected chi connectivity index (χ2v) is 5.15. The van der Waals surface area contributed by atoms with Crippen LogP contribution >= 0.6 is 0 Å². The molecule has 0 saturated carbocycles. The molecule has 1 unspecified atom stereocenters. The Morgan fingerprint density at radius 1 is 1.47 bits per heavy atom. The normalized spacial score (nSPS) is 25.1. The molecule has 5 nitrogen and oxygen atoms in total. The van der Waals surface area contributed by atoms with E-state index < -0.39 is 0 Å². The van der Waals surface area contributed by atoms with Gasteiger partial charge in [-0.1, -0.05) is 0 Å². The van der Waals surface area contributed by atoms with E-state index in [1.165, 1.54) is 0 Å². The summed E-state index contributed by atoms with van der Waals surface area (Å²) in [6, 6.07) is 5.63. The predicted molar refractivity (Wildman–Crippen MR) is 68.8 cm³/mol. The number of aromatic nitrogens is 1. The minimum absolute atomic E-state index is 0.0226. The van der Waals surface area contributed by atoms with Gasteiger partial charge in [0.25, 0.3) is 0 Å². The minimum Gasteiger partial charge on any atom is -0.485 e. The fraction of sp³-hybridized carbons (Fsp3) is 0.571. The molecule has 3 rings (SSSR count). The fourth-order valence-electron chi connectivity index (χ4n) is 2.86. The van der Waals surface area contributed by atoms with E-state index in [0.717, 1.165) is 32.4 Å². The van der Waals surface area contributed by atoms with Crippen LogP contribution in [-0.4, -0.2) is 36.4 Å². The number of nitrogens with one attached hydrogen (secondary N) is 1. The van der Waals surface area contributed by atoms with Crippen molar-refractivity contribution in [2.45, 2.75) is 31.0 Å². The predicted octanol–water partition coefficient (Wildman–Crippen LogP) is 1.24. The molecule has 1 aromatic heterocycles. The highest BCUT2D eigenvalue weighted by molar-refractivity contribution is 5.36. The maximum Gasteiger partial charge on any atom is 0.182 e. The zero-order valence-corrected chi connectivity index (χ0v) is 10.8. The Labute approximate surface area is 112 Å². The molecule has 5 heteroatoms. The lowest BCUT2D eigenvalue weighted by molar-refractivity contribution is -0.0205. The highest BCUT2D eigenvalue weighted by Crippen LogP contribution is 2.35. The molecule has 2 saturated heterocycles. The van der Waals surface area contributed by atoms with Crippen molar-refractivity contribution in [3.8, 4) is 11.8 Å². The van der Waals surface area contributed by atoms with Crippen molar-refractivity contribution in [1.82, 2.24) is 10.3 Å². The molecule has 2 aliphatic rings. The van der Waals surface area contributed by atoms with Crippen LogP contribution in [0.1, 0.15) is 25.0 Å². The number of hydrogen-bond donors (Lipinski definition) is 1. The summed E-state index contributed by atoms with van der Waals surface area (Å²) in [5.74, 6) is 0.560. The topological polar surface area (TPSA) is 67.2 Å². The van der Waals surface area contributed by atoms with Crippen LogP contribution in [0.4, 0.5) is 0 Å². The Hall–Kier alpha value is -1.64. The van der Waals surface area contributed by atoms with Crippen LogP contribution in [0.3, 0.4) is 0 Å². The molecule has 0 bridgehead atoms. The lowest BCUT2D eigenvalue weighted by Crippen LogP contribution is -2.41. The van der Waals surface area contributed by atoms with Crippen molar-refractivity contribution in [3.63, 3.8) is 0 Å². The van der Waals surface area contributed by atoms with Gasteiger partial charge in [-0.15, -0.1) is 0 Å². The Balaban J connectivity index is 1.67. The van der Waals surface area contributed by atoms with Crippen molar-refractivity contribution in [2.75, 3.05) is 19.7 Å². The van der Waals surface area contributed by atoms with E-state index in [4.69, 9.17) is 14.7 Å². The van der Waals surface area contributed by atoms with Crippen molar-refractivity contribution < 1.29 is 9.47 Å². The first-order chi connectivity index (χ1) is 9.31. The molecule has 2 fully saturated rings.